The summed E-state index contributed by atoms with van der Waals surface area (Å²) in [5, 5.41) is 3.85. The Morgan fingerprint density at radius 2 is 2.21 bits per heavy atom. The van der Waals surface area contributed by atoms with Crippen LogP contribution < -0.4 is 5.73 Å². The van der Waals surface area contributed by atoms with Crippen LogP contribution in [0.25, 0.3) is 0 Å². The predicted octanol–water partition coefficient (Wildman–Crippen LogP) is 2.64. The molecule has 2 heterocycles. The number of nitrogen functional groups attached to an aromatic ring is 1. The van der Waals surface area contributed by atoms with Crippen LogP contribution in [0.15, 0.2) is 4.52 Å². The van der Waals surface area contributed by atoms with E-state index in [4.69, 9.17) is 15.0 Å². The second kappa shape index (κ2) is 4.75. The number of carbonyl (C=O) groups is 1. The summed E-state index contributed by atoms with van der Waals surface area (Å²) in [4.78, 5) is 13.9. The van der Waals surface area contributed by atoms with Gasteiger partial charge in [-0.15, -0.1) is 0 Å². The minimum Gasteiger partial charge on any atom is -0.444 e. The van der Waals surface area contributed by atoms with E-state index in [0.717, 1.165) is 24.1 Å². The lowest BCUT2D eigenvalue weighted by Crippen LogP contribution is -2.36. The molecule has 1 aliphatic rings. The first-order valence-electron chi connectivity index (χ1n) is 6.51. The zero-order valence-corrected chi connectivity index (χ0v) is 11.9. The van der Waals surface area contributed by atoms with Gasteiger partial charge in [0.2, 0.25) is 5.88 Å². The van der Waals surface area contributed by atoms with E-state index in [1.807, 2.05) is 27.7 Å². The monoisotopic (exact) mass is 267 g/mol. The molecular formula is C13H21N3O3. The molecule has 1 amide bonds. The Kier molecular flexibility index (Phi) is 3.43. The summed E-state index contributed by atoms with van der Waals surface area (Å²) in [5.74, 6) is 0.290. The van der Waals surface area contributed by atoms with Gasteiger partial charge in [-0.3, -0.25) is 0 Å². The number of likely N-dealkylation sites (tertiary alicyclic amines) is 1. The van der Waals surface area contributed by atoms with Crippen LogP contribution in [0.4, 0.5) is 10.7 Å². The van der Waals surface area contributed by atoms with Crippen LogP contribution in [0.5, 0.6) is 0 Å². The molecular weight excluding hydrogens is 246 g/mol. The Hall–Kier alpha value is -1.72. The molecule has 0 aliphatic carbocycles. The largest absolute Gasteiger partial charge is 0.444 e. The summed E-state index contributed by atoms with van der Waals surface area (Å²) < 4.78 is 10.4. The molecule has 6 heteroatoms. The summed E-state index contributed by atoms with van der Waals surface area (Å²) in [7, 11) is 0. The summed E-state index contributed by atoms with van der Waals surface area (Å²) in [6.07, 6.45) is 1.47. The summed E-state index contributed by atoms with van der Waals surface area (Å²) in [6.45, 7) is 8.07. The third-order valence-corrected chi connectivity index (χ3v) is 3.15. The molecule has 1 aromatic rings. The zero-order valence-electron chi connectivity index (χ0n) is 11.9. The van der Waals surface area contributed by atoms with Gasteiger partial charge in [0.05, 0.1) is 17.3 Å². The van der Waals surface area contributed by atoms with Gasteiger partial charge in [0.25, 0.3) is 0 Å². The van der Waals surface area contributed by atoms with E-state index in [-0.39, 0.29) is 18.0 Å². The third kappa shape index (κ3) is 2.83. The lowest BCUT2D eigenvalue weighted by Gasteiger charge is -2.28. The Morgan fingerprint density at radius 1 is 1.53 bits per heavy atom. The quantitative estimate of drug-likeness (QED) is 0.845. The zero-order chi connectivity index (χ0) is 14.2. The van der Waals surface area contributed by atoms with Crippen molar-refractivity contribution in [3.8, 4) is 0 Å². The van der Waals surface area contributed by atoms with Crippen molar-refractivity contribution in [1.29, 1.82) is 0 Å². The molecule has 1 unspecified atom stereocenters. The first kappa shape index (κ1) is 13.7. The minimum absolute atomic E-state index is 0.0962. The lowest BCUT2D eigenvalue weighted by molar-refractivity contribution is 0.0224. The van der Waals surface area contributed by atoms with Crippen LogP contribution in [0, 0.1) is 6.92 Å². The Bertz CT molecular complexity index is 456. The van der Waals surface area contributed by atoms with Gasteiger partial charge in [0.1, 0.15) is 5.60 Å². The minimum atomic E-state index is -0.501. The second-order valence-electron chi connectivity index (χ2n) is 5.88. The van der Waals surface area contributed by atoms with E-state index in [1.165, 1.54) is 0 Å². The standard InChI is InChI=1S/C13H21N3O3/c1-8-10(11(14)19-15-8)9-6-5-7-16(9)12(17)18-13(2,3)4/h9H,5-7,14H2,1-4H3. The molecule has 0 saturated carbocycles. The smallest absolute Gasteiger partial charge is 0.410 e. The molecule has 0 spiro atoms. The number of nitrogens with zero attached hydrogens (tertiary/aromatic N) is 2. The van der Waals surface area contributed by atoms with Crippen LogP contribution in [0.3, 0.4) is 0 Å². The van der Waals surface area contributed by atoms with Gasteiger partial charge >= 0.3 is 6.09 Å². The number of rotatable bonds is 1. The highest BCUT2D eigenvalue weighted by Crippen LogP contribution is 2.37. The van der Waals surface area contributed by atoms with Crippen LogP contribution in [0.1, 0.15) is 50.9 Å². The number of ether oxygens (including phenoxy) is 1. The van der Waals surface area contributed by atoms with E-state index in [0.29, 0.717) is 6.54 Å². The third-order valence-electron chi connectivity index (χ3n) is 3.15. The summed E-state index contributed by atoms with van der Waals surface area (Å²) in [6, 6.07) is -0.0962. The van der Waals surface area contributed by atoms with Crippen molar-refractivity contribution in [2.75, 3.05) is 12.3 Å². The van der Waals surface area contributed by atoms with E-state index in [2.05, 4.69) is 5.16 Å². The van der Waals surface area contributed by atoms with Crippen molar-refractivity contribution in [1.82, 2.24) is 10.1 Å². The molecule has 19 heavy (non-hydrogen) atoms. The number of hydrogen-bond acceptors (Lipinski definition) is 5. The summed E-state index contributed by atoms with van der Waals surface area (Å²) in [5.41, 5.74) is 6.85. The number of aromatic nitrogens is 1. The molecule has 1 aromatic heterocycles. The highest BCUT2D eigenvalue weighted by atomic mass is 16.6. The van der Waals surface area contributed by atoms with Gasteiger partial charge in [0.15, 0.2) is 0 Å². The predicted molar refractivity (Wildman–Crippen MR) is 70.6 cm³/mol. The highest BCUT2D eigenvalue weighted by molar-refractivity contribution is 5.69. The molecule has 6 nitrogen and oxygen atoms in total. The highest BCUT2D eigenvalue weighted by Gasteiger charge is 2.36. The SMILES string of the molecule is Cc1noc(N)c1C1CCCN1C(=O)OC(C)(C)C. The van der Waals surface area contributed by atoms with E-state index in [1.54, 1.807) is 4.90 Å². The maximum Gasteiger partial charge on any atom is 0.410 e. The van der Waals surface area contributed by atoms with Crippen LogP contribution in [-0.2, 0) is 4.74 Å². The maximum atomic E-state index is 12.2. The molecule has 1 atom stereocenters. The van der Waals surface area contributed by atoms with Crippen molar-refractivity contribution in [2.24, 2.45) is 0 Å². The van der Waals surface area contributed by atoms with Gasteiger partial charge in [-0.1, -0.05) is 5.16 Å². The molecule has 0 aromatic carbocycles. The average Bonchev–Trinajstić information content (AvgIpc) is 2.83. The second-order valence-corrected chi connectivity index (χ2v) is 5.88. The van der Waals surface area contributed by atoms with E-state index < -0.39 is 5.60 Å². The fourth-order valence-corrected chi connectivity index (χ4v) is 2.41. The number of carbonyl (C=O) groups excluding carboxylic acids is 1. The molecule has 2 rings (SSSR count). The van der Waals surface area contributed by atoms with Gasteiger partial charge < -0.3 is 19.9 Å². The van der Waals surface area contributed by atoms with Crippen LogP contribution >= 0.6 is 0 Å². The molecule has 1 fully saturated rings. The Balaban J connectivity index is 2.20. The molecule has 1 aliphatic heterocycles. The van der Waals surface area contributed by atoms with Crippen molar-refractivity contribution < 1.29 is 14.1 Å². The number of aryl methyl sites for hydroxylation is 1. The normalized spacial score (nSPS) is 19.8. The fourth-order valence-electron chi connectivity index (χ4n) is 2.41. The van der Waals surface area contributed by atoms with E-state index in [9.17, 15) is 4.79 Å². The Labute approximate surface area is 112 Å². The number of amides is 1. The molecule has 1 saturated heterocycles. The average molecular weight is 267 g/mol. The number of nitrogens with two attached hydrogens (primary N) is 1. The van der Waals surface area contributed by atoms with Crippen LogP contribution in [0.2, 0.25) is 0 Å². The molecule has 2 N–H and O–H groups in total. The van der Waals surface area contributed by atoms with E-state index >= 15 is 0 Å². The first-order chi connectivity index (χ1) is 8.79. The van der Waals surface area contributed by atoms with Gasteiger partial charge in [-0.05, 0) is 40.5 Å². The first-order valence-corrected chi connectivity index (χ1v) is 6.51. The van der Waals surface area contributed by atoms with Crippen molar-refractivity contribution in [3.05, 3.63) is 11.3 Å². The van der Waals surface area contributed by atoms with Gasteiger partial charge in [-0.2, -0.15) is 0 Å². The number of anilines is 1. The van der Waals surface area contributed by atoms with Crippen LogP contribution in [-0.4, -0.2) is 28.3 Å². The summed E-state index contributed by atoms with van der Waals surface area (Å²) >= 11 is 0. The molecule has 0 radical (unpaired) electrons. The number of hydrogen-bond donors (Lipinski definition) is 1. The molecule has 0 bridgehead atoms. The molecule has 106 valence electrons. The maximum absolute atomic E-state index is 12.2. The van der Waals surface area contributed by atoms with Crippen molar-refractivity contribution in [3.63, 3.8) is 0 Å². The Morgan fingerprint density at radius 3 is 2.74 bits per heavy atom. The van der Waals surface area contributed by atoms with Crippen molar-refractivity contribution >= 4 is 12.0 Å². The van der Waals surface area contributed by atoms with Gasteiger partial charge in [-0.25, -0.2) is 4.79 Å². The van der Waals surface area contributed by atoms with Crippen molar-refractivity contribution in [2.45, 2.75) is 52.2 Å². The lowest BCUT2D eigenvalue weighted by atomic mass is 10.1. The topological polar surface area (TPSA) is 81.6 Å². The van der Waals surface area contributed by atoms with Gasteiger partial charge in [0, 0.05) is 6.54 Å². The fraction of sp³-hybridized carbons (Fsp3) is 0.692.